The Labute approximate surface area is 149 Å². The average Bonchev–Trinajstić information content (AvgIpc) is 2.62. The second-order valence-corrected chi connectivity index (χ2v) is 6.53. The number of hydrogen-bond acceptors (Lipinski definition) is 5. The first kappa shape index (κ1) is 20.9. The van der Waals surface area contributed by atoms with Gasteiger partial charge in [0.2, 0.25) is 5.96 Å². The number of guanidine groups is 1. The summed E-state index contributed by atoms with van der Waals surface area (Å²) in [7, 11) is 0. The second-order valence-electron chi connectivity index (χ2n) is 6.53. The third kappa shape index (κ3) is 7.65. The molecule has 1 radical (unpaired) electrons. The van der Waals surface area contributed by atoms with E-state index in [-0.39, 0.29) is 0 Å². The van der Waals surface area contributed by atoms with Gasteiger partial charge in [0.05, 0.1) is 6.34 Å². The first-order chi connectivity index (χ1) is 11.8. The number of nitrogens with zero attached hydrogens (tertiary/aromatic N) is 4. The molecule has 5 nitrogen and oxygen atoms in total. The van der Waals surface area contributed by atoms with E-state index < -0.39 is 0 Å². The zero-order valence-corrected chi connectivity index (χ0v) is 16.4. The summed E-state index contributed by atoms with van der Waals surface area (Å²) >= 11 is 0. The minimum Gasteiger partial charge on any atom is -0.343 e. The molecule has 5 heteroatoms. The Balaban J connectivity index is 2.77. The summed E-state index contributed by atoms with van der Waals surface area (Å²) in [5, 5.41) is 3.27. The Morgan fingerprint density at radius 1 is 0.750 bits per heavy atom. The number of aliphatic imine (C=N–C) groups is 2. The van der Waals surface area contributed by atoms with E-state index in [2.05, 4.69) is 47.8 Å². The Kier molecular flexibility index (Phi) is 11.5. The highest BCUT2D eigenvalue weighted by atomic mass is 15.4. The van der Waals surface area contributed by atoms with E-state index in [9.17, 15) is 0 Å². The van der Waals surface area contributed by atoms with Gasteiger partial charge < -0.3 is 10.2 Å². The predicted molar refractivity (Wildman–Crippen MR) is 105 cm³/mol. The molecule has 24 heavy (non-hydrogen) atoms. The Bertz CT molecular complexity index is 351. The fraction of sp³-hybridized carbons (Fsp3) is 0.842. The van der Waals surface area contributed by atoms with Crippen LogP contribution in [-0.4, -0.2) is 48.3 Å². The molecule has 1 N–H and O–H groups in total. The molecule has 0 saturated heterocycles. The van der Waals surface area contributed by atoms with Crippen LogP contribution in [0.2, 0.25) is 0 Å². The van der Waals surface area contributed by atoms with Crippen LogP contribution in [0.25, 0.3) is 0 Å². The van der Waals surface area contributed by atoms with Crippen LogP contribution in [-0.2, 0) is 0 Å². The lowest BCUT2D eigenvalue weighted by molar-refractivity contribution is 0.269. The molecular formula is C19H38N5. The van der Waals surface area contributed by atoms with Gasteiger partial charge in [-0.15, -0.1) is 0 Å². The lowest BCUT2D eigenvalue weighted by atomic mass is 10.2. The zero-order valence-electron chi connectivity index (χ0n) is 16.4. The molecule has 0 unspecified atom stereocenters. The summed E-state index contributed by atoms with van der Waals surface area (Å²) < 4.78 is 0. The van der Waals surface area contributed by atoms with Crippen LogP contribution in [0.5, 0.6) is 0 Å². The molecule has 0 atom stereocenters. The predicted octanol–water partition coefficient (Wildman–Crippen LogP) is 4.23. The van der Waals surface area contributed by atoms with Gasteiger partial charge in [0, 0.05) is 26.2 Å². The molecular weight excluding hydrogens is 298 g/mol. The van der Waals surface area contributed by atoms with Crippen LogP contribution in [0, 0.1) is 6.29 Å². The third-order valence-corrected chi connectivity index (χ3v) is 4.29. The van der Waals surface area contributed by atoms with Crippen molar-refractivity contribution in [3.05, 3.63) is 6.29 Å². The number of nitrogens with one attached hydrogen (secondary N) is 1. The normalized spacial score (nSPS) is 14.8. The minimum absolute atomic E-state index is 0.878. The van der Waals surface area contributed by atoms with Crippen molar-refractivity contribution in [2.24, 2.45) is 9.98 Å². The standard InChI is InChI=1S/C19H38N5/c1-5-9-13-23(14-10-6-2)18-20-17-21-19(22-18)24(15-11-7-3)16-12-8-4/h17H,5-16H2,1-4H3,(H,20,21,22). The molecule has 1 aliphatic heterocycles. The molecule has 1 aliphatic rings. The number of unbranched alkanes of at least 4 members (excludes halogenated alkanes) is 4. The van der Waals surface area contributed by atoms with Crippen molar-refractivity contribution in [2.75, 3.05) is 26.2 Å². The van der Waals surface area contributed by atoms with E-state index in [1.54, 1.807) is 0 Å². The van der Waals surface area contributed by atoms with Crippen molar-refractivity contribution < 1.29 is 0 Å². The molecule has 0 amide bonds. The van der Waals surface area contributed by atoms with Gasteiger partial charge in [-0.2, -0.15) is 0 Å². The molecule has 1 heterocycles. The van der Waals surface area contributed by atoms with Crippen molar-refractivity contribution in [3.8, 4) is 0 Å². The number of rotatable bonds is 13. The van der Waals surface area contributed by atoms with Gasteiger partial charge in [0.1, 0.15) is 0 Å². The monoisotopic (exact) mass is 336 g/mol. The highest BCUT2D eigenvalue weighted by Gasteiger charge is 2.23. The van der Waals surface area contributed by atoms with E-state index in [1.165, 1.54) is 51.4 Å². The van der Waals surface area contributed by atoms with Crippen LogP contribution < -0.4 is 5.32 Å². The molecule has 0 bridgehead atoms. The van der Waals surface area contributed by atoms with Crippen LogP contribution in [0.15, 0.2) is 9.98 Å². The smallest absolute Gasteiger partial charge is 0.273 e. The molecule has 0 aromatic carbocycles. The minimum atomic E-state index is 0.878. The highest BCUT2D eigenvalue weighted by molar-refractivity contribution is 5.92. The molecule has 1 rings (SSSR count). The highest BCUT2D eigenvalue weighted by Crippen LogP contribution is 2.17. The summed E-state index contributed by atoms with van der Waals surface area (Å²) in [5.74, 6) is 0.972. The zero-order chi connectivity index (χ0) is 17.6. The average molecular weight is 337 g/mol. The summed E-state index contributed by atoms with van der Waals surface area (Å²) in [6.45, 7) is 13.2. The first-order valence-corrected chi connectivity index (χ1v) is 10.0. The maximum atomic E-state index is 4.87. The van der Waals surface area contributed by atoms with Gasteiger partial charge >= 0.3 is 0 Å². The lowest BCUT2D eigenvalue weighted by Crippen LogP contribution is -2.45. The Morgan fingerprint density at radius 3 is 1.67 bits per heavy atom. The first-order valence-electron chi connectivity index (χ1n) is 10.0. The van der Waals surface area contributed by atoms with E-state index in [1.807, 2.05) is 6.34 Å². The van der Waals surface area contributed by atoms with E-state index in [0.717, 1.165) is 38.4 Å². The molecule has 0 saturated carbocycles. The SMILES string of the molecule is CCCCN(CCCC)[C]1N=CNC(N(CCCC)CCCC)=N1. The summed E-state index contributed by atoms with van der Waals surface area (Å²) in [6, 6.07) is 0. The largest absolute Gasteiger partial charge is 0.343 e. The third-order valence-electron chi connectivity index (χ3n) is 4.29. The van der Waals surface area contributed by atoms with Gasteiger partial charge in [0.15, 0.2) is 0 Å². The fourth-order valence-corrected chi connectivity index (χ4v) is 2.65. The Morgan fingerprint density at radius 2 is 1.21 bits per heavy atom. The van der Waals surface area contributed by atoms with Crippen molar-refractivity contribution in [1.29, 1.82) is 0 Å². The van der Waals surface area contributed by atoms with Gasteiger partial charge in [-0.1, -0.05) is 53.4 Å². The van der Waals surface area contributed by atoms with Crippen LogP contribution in [0.1, 0.15) is 79.1 Å². The van der Waals surface area contributed by atoms with E-state index in [0.29, 0.717) is 0 Å². The van der Waals surface area contributed by atoms with Gasteiger partial charge in [0.25, 0.3) is 6.29 Å². The lowest BCUT2D eigenvalue weighted by Gasteiger charge is -2.31. The second kappa shape index (κ2) is 13.2. The topological polar surface area (TPSA) is 43.2 Å². The van der Waals surface area contributed by atoms with E-state index in [4.69, 9.17) is 4.99 Å². The van der Waals surface area contributed by atoms with Crippen LogP contribution in [0.3, 0.4) is 0 Å². The quantitative estimate of drug-likeness (QED) is 0.547. The Hall–Kier alpha value is -1.10. The number of hydrogen-bond donors (Lipinski definition) is 1. The van der Waals surface area contributed by atoms with Crippen molar-refractivity contribution in [1.82, 2.24) is 15.1 Å². The molecule has 0 aromatic heterocycles. The maximum Gasteiger partial charge on any atom is 0.273 e. The summed E-state index contributed by atoms with van der Waals surface area (Å²) in [4.78, 5) is 14.1. The summed E-state index contributed by atoms with van der Waals surface area (Å²) in [6.07, 6.45) is 12.3. The van der Waals surface area contributed by atoms with Crippen LogP contribution >= 0.6 is 0 Å². The van der Waals surface area contributed by atoms with E-state index >= 15 is 0 Å². The van der Waals surface area contributed by atoms with Crippen LogP contribution in [0.4, 0.5) is 0 Å². The van der Waals surface area contributed by atoms with Crippen molar-refractivity contribution >= 4 is 12.3 Å². The molecule has 0 spiro atoms. The summed E-state index contributed by atoms with van der Waals surface area (Å²) in [5.41, 5.74) is 0. The molecule has 0 aliphatic carbocycles. The van der Waals surface area contributed by atoms with Gasteiger partial charge in [-0.25, -0.2) is 9.98 Å². The molecule has 0 aromatic rings. The fourth-order valence-electron chi connectivity index (χ4n) is 2.65. The molecule has 139 valence electrons. The van der Waals surface area contributed by atoms with Crippen molar-refractivity contribution in [2.45, 2.75) is 79.1 Å². The van der Waals surface area contributed by atoms with Gasteiger partial charge in [-0.3, -0.25) is 4.90 Å². The van der Waals surface area contributed by atoms with Crippen molar-refractivity contribution in [3.63, 3.8) is 0 Å². The molecule has 0 fully saturated rings. The van der Waals surface area contributed by atoms with Gasteiger partial charge in [-0.05, 0) is 25.7 Å². The maximum absolute atomic E-state index is 4.87.